The van der Waals surface area contributed by atoms with Gasteiger partial charge in [-0.25, -0.2) is 45.1 Å². The second-order valence-electron chi connectivity index (χ2n) is 34.6. The van der Waals surface area contributed by atoms with Gasteiger partial charge in [0, 0.05) is 153 Å². The van der Waals surface area contributed by atoms with Gasteiger partial charge in [-0.15, -0.1) is 46.2 Å². The minimum absolute atomic E-state index is 0.149. The quantitative estimate of drug-likeness (QED) is 0.119. The van der Waals surface area contributed by atoms with E-state index in [2.05, 4.69) is 9.97 Å². The molecule has 4 fully saturated rings. The lowest BCUT2D eigenvalue weighted by Gasteiger charge is -2.51. The van der Waals surface area contributed by atoms with Gasteiger partial charge in [0.15, 0.2) is 92.3 Å². The number of rotatable bonds is 4. The third-order valence-electron chi connectivity index (χ3n) is 27.4. The van der Waals surface area contributed by atoms with Crippen molar-refractivity contribution in [1.29, 1.82) is 0 Å². The van der Waals surface area contributed by atoms with Crippen LogP contribution in [0.1, 0.15) is 122 Å². The van der Waals surface area contributed by atoms with Crippen LogP contribution in [-0.2, 0) is 30.5 Å². The first kappa shape index (κ1) is 90.9. The van der Waals surface area contributed by atoms with Crippen LogP contribution in [0.15, 0.2) is 235 Å². The van der Waals surface area contributed by atoms with Crippen LogP contribution in [0.2, 0.25) is 0 Å². The SMILES string of the molecule is O=C1c2c(O)c(=O)ccn2N(C2c3ccccc3-c3ccsc3-c3c2ccc(F)c3F)C2COCCN12.O=C1c2c(O)c(=O)ccn2N(C2c3cccnc3SCc3c2ccc(F)c3F)C2COCCN12.O=C1c2c(O)c(=O)ccn2N([C@@H]2c3ccccc3-c3ccsc3-c3c2ccc(F)c3F)[C@@H]2COCCN12.O=C1c2c(O)c(=O)ccn2N([C@@H]2c3cccnc3SCc3c2ccc(F)c3F)[C@@H]2COCCN12. The first-order valence-electron chi connectivity index (χ1n) is 44.8. The molecule has 6 aromatic carbocycles. The minimum atomic E-state index is -0.957. The predicted molar refractivity (Wildman–Crippen MR) is 503 cm³/mol. The second-order valence-corrected chi connectivity index (χ2v) is 38.4. The Balaban J connectivity index is 0.000000105. The third-order valence-corrected chi connectivity index (χ3v) is 31.4. The predicted octanol–water partition coefficient (Wildman–Crippen LogP) is 12.9. The number of hydrogen-bond acceptors (Lipinski definition) is 26. The van der Waals surface area contributed by atoms with E-state index in [1.165, 1.54) is 136 Å². The van der Waals surface area contributed by atoms with Crippen LogP contribution in [0.4, 0.5) is 35.1 Å². The van der Waals surface area contributed by atoms with Crippen LogP contribution in [0.25, 0.3) is 43.1 Å². The fourth-order valence-electron chi connectivity index (χ4n) is 21.1. The first-order valence-corrected chi connectivity index (χ1v) is 48.5. The number of fused-ring (bicyclic) bond motifs is 22. The van der Waals surface area contributed by atoms with Crippen molar-refractivity contribution in [3.05, 3.63) is 372 Å². The van der Waals surface area contributed by atoms with Crippen molar-refractivity contribution in [2.45, 2.75) is 70.4 Å². The van der Waals surface area contributed by atoms with Crippen LogP contribution in [-0.4, -0.2) is 196 Å². The summed E-state index contributed by atoms with van der Waals surface area (Å²) < 4.78 is 148. The van der Waals surface area contributed by atoms with Gasteiger partial charge in [0.05, 0.1) is 64.9 Å². The van der Waals surface area contributed by atoms with E-state index in [1.54, 1.807) is 56.5 Å². The number of hydrogen-bond donors (Lipinski definition) is 4. The molecule has 4 N–H and O–H groups in total. The van der Waals surface area contributed by atoms with Crippen LogP contribution in [0.5, 0.6) is 23.0 Å². The number of thioether (sulfide) groups is 2. The Labute approximate surface area is 814 Å². The number of carbonyl (C=O) groups is 4. The van der Waals surface area contributed by atoms with Crippen molar-refractivity contribution >= 4 is 69.8 Å². The molecule has 4 saturated heterocycles. The molecule has 18 heterocycles. The van der Waals surface area contributed by atoms with E-state index in [9.17, 15) is 76.3 Å². The summed E-state index contributed by atoms with van der Waals surface area (Å²) >= 11 is 5.24. The molecule has 26 rings (SSSR count). The summed E-state index contributed by atoms with van der Waals surface area (Å²) in [5.41, 5.74) is 5.54. The van der Waals surface area contributed by atoms with Crippen LogP contribution in [0.3, 0.4) is 0 Å². The summed E-state index contributed by atoms with van der Waals surface area (Å²) in [7, 11) is 0. The van der Waals surface area contributed by atoms with Crippen molar-refractivity contribution in [1.82, 2.24) is 48.3 Å². The largest absolute Gasteiger partial charge is 0.502 e. The first-order chi connectivity index (χ1) is 68.9. The van der Waals surface area contributed by atoms with Crippen molar-refractivity contribution < 1.29 is 93.7 Å². The summed E-state index contributed by atoms with van der Waals surface area (Å²) in [6.07, 6.45) is 6.43. The normalized spacial score (nSPS) is 20.6. The number of nitrogens with zero attached hydrogens (tertiary/aromatic N) is 14. The molecular formula is C100H74F8N14O16S4. The molecule has 720 valence electrons. The molecule has 42 heteroatoms. The van der Waals surface area contributed by atoms with Crippen molar-refractivity contribution in [2.75, 3.05) is 99.1 Å². The van der Waals surface area contributed by atoms with E-state index in [-0.39, 0.29) is 109 Å². The molecule has 10 aliphatic heterocycles. The number of amides is 4. The average Bonchev–Trinajstić information content (AvgIpc) is 1.35. The van der Waals surface area contributed by atoms with Crippen LogP contribution < -0.4 is 41.8 Å². The Bertz CT molecular complexity index is 7490. The maximum atomic E-state index is 15.6. The molecule has 0 bridgehead atoms. The second kappa shape index (κ2) is 35.7. The molecule has 14 aromatic rings. The lowest BCUT2D eigenvalue weighted by molar-refractivity contribution is -0.0198. The minimum Gasteiger partial charge on any atom is -0.502 e. The van der Waals surface area contributed by atoms with Gasteiger partial charge in [-0.2, -0.15) is 0 Å². The number of halogens is 8. The number of ether oxygens (including phenoxy) is 4. The van der Waals surface area contributed by atoms with Gasteiger partial charge in [0.2, 0.25) is 21.7 Å². The lowest BCUT2D eigenvalue weighted by atomic mass is 9.92. The van der Waals surface area contributed by atoms with E-state index in [1.807, 2.05) is 93.6 Å². The summed E-state index contributed by atoms with van der Waals surface area (Å²) in [6.45, 7) is 2.76. The van der Waals surface area contributed by atoms with Crippen LogP contribution >= 0.6 is 46.2 Å². The summed E-state index contributed by atoms with van der Waals surface area (Å²) in [5, 5.41) is 54.7. The maximum Gasteiger partial charge on any atom is 0.278 e. The van der Waals surface area contributed by atoms with Gasteiger partial charge < -0.3 is 59.0 Å². The highest BCUT2D eigenvalue weighted by molar-refractivity contribution is 7.98. The van der Waals surface area contributed by atoms with E-state index in [4.69, 9.17) is 18.9 Å². The molecule has 142 heavy (non-hydrogen) atoms. The Morgan fingerprint density at radius 3 is 0.923 bits per heavy atom. The van der Waals surface area contributed by atoms with Gasteiger partial charge in [-0.1, -0.05) is 84.9 Å². The zero-order valence-corrected chi connectivity index (χ0v) is 77.0. The average molecular weight is 2010 g/mol. The van der Waals surface area contributed by atoms with Crippen molar-refractivity contribution in [3.63, 3.8) is 0 Å². The third kappa shape index (κ3) is 14.3. The van der Waals surface area contributed by atoms with E-state index in [0.717, 1.165) is 68.8 Å². The van der Waals surface area contributed by atoms with E-state index < -0.39 is 164 Å². The maximum absolute atomic E-state index is 15.6. The Hall–Kier alpha value is -14.9. The van der Waals surface area contributed by atoms with Crippen LogP contribution in [0, 0.1) is 46.5 Å². The highest BCUT2D eigenvalue weighted by Gasteiger charge is 2.53. The molecule has 8 atom stereocenters. The fraction of sp³-hybridized carbons (Fsp3) is 0.220. The molecule has 30 nitrogen and oxygen atoms in total. The van der Waals surface area contributed by atoms with Gasteiger partial charge in [-0.3, -0.25) is 77.1 Å². The van der Waals surface area contributed by atoms with Gasteiger partial charge in [-0.05, 0) is 104 Å². The molecule has 0 radical (unpaired) electrons. The zero-order valence-electron chi connectivity index (χ0n) is 73.8. The number of morpholine rings is 4. The van der Waals surface area contributed by atoms with Crippen molar-refractivity contribution in [3.8, 4) is 66.1 Å². The van der Waals surface area contributed by atoms with Crippen molar-refractivity contribution in [2.24, 2.45) is 0 Å². The van der Waals surface area contributed by atoms with E-state index in [0.29, 0.717) is 68.5 Å². The van der Waals surface area contributed by atoms with Gasteiger partial charge >= 0.3 is 0 Å². The highest BCUT2D eigenvalue weighted by atomic mass is 32.2. The monoisotopic (exact) mass is 2010 g/mol. The van der Waals surface area contributed by atoms with E-state index >= 15 is 17.6 Å². The summed E-state index contributed by atoms with van der Waals surface area (Å²) in [6, 6.07) is 38.6. The molecule has 2 aliphatic carbocycles. The Morgan fingerprint density at radius 1 is 0.310 bits per heavy atom. The molecule has 8 aromatic heterocycles. The lowest BCUT2D eigenvalue weighted by Crippen LogP contribution is -2.66. The number of carbonyl (C=O) groups excluding carboxylic acids is 4. The number of thiophene rings is 2. The molecule has 4 unspecified atom stereocenters. The standard InChI is InChI=1S/2C27H19F2N3O4S.2C23H18F2N4O4S/c2*28-18-6-5-17-21(22(18)29)26-16(8-12-37-26)14-3-1-2-4-15(14)23(17)32-20-13-36-11-10-30(20)27(35)24-25(34)19(33)7-9-31(24)32;2*24-15-4-3-12-14(18(15)25)11-34-22-13(2-1-6-26-22)19(12)29-17-10-33-9-8-27(17)23(32)20-21(31)16(30)5-7-28(20)29/h2*1-9,12,20,23,34H,10-11,13H2;2*1-7,17,19,31H,8-11H2/t20-,23-;;17-,19+;/m1.1./s1. The van der Waals surface area contributed by atoms with Gasteiger partial charge in [0.25, 0.3) is 23.6 Å². The molecule has 12 aliphatic rings. The molecular weight excluding hydrogens is 1930 g/mol. The molecule has 0 saturated carbocycles. The highest BCUT2D eigenvalue weighted by Crippen LogP contribution is 2.56. The summed E-state index contributed by atoms with van der Waals surface area (Å²) in [5.74, 6) is -11.9. The smallest absolute Gasteiger partial charge is 0.278 e. The number of aromatic nitrogens is 6. The number of pyridine rings is 6. The Kier molecular flexibility index (Phi) is 22.8. The molecule has 4 amide bonds. The number of benzene rings is 6. The summed E-state index contributed by atoms with van der Waals surface area (Å²) in [4.78, 5) is 119. The molecule has 0 spiro atoms. The topological polar surface area (TPSA) is 326 Å². The fourth-order valence-corrected chi connectivity index (χ4v) is 25.2. The Morgan fingerprint density at radius 2 is 0.599 bits per heavy atom. The van der Waals surface area contributed by atoms with Gasteiger partial charge in [0.1, 0.15) is 46.8 Å². The number of aromatic hydroxyl groups is 4. The zero-order chi connectivity index (χ0) is 98.0.